The maximum absolute atomic E-state index is 14.6. The minimum Gasteiger partial charge on any atom is -0.326 e. The predicted octanol–water partition coefficient (Wildman–Crippen LogP) is 5.55. The van der Waals surface area contributed by atoms with E-state index in [1.807, 2.05) is 36.4 Å². The maximum atomic E-state index is 14.6. The lowest BCUT2D eigenvalue weighted by Gasteiger charge is -2.32. The summed E-state index contributed by atoms with van der Waals surface area (Å²) >= 11 is 5.90. The van der Waals surface area contributed by atoms with Gasteiger partial charge in [0.15, 0.2) is 0 Å². The average Bonchev–Trinajstić information content (AvgIpc) is 2.82. The van der Waals surface area contributed by atoms with Gasteiger partial charge in [0.25, 0.3) is 0 Å². The number of nitrogens with zero attached hydrogens (tertiary/aromatic N) is 1. The molecule has 6 heteroatoms. The van der Waals surface area contributed by atoms with Crippen molar-refractivity contribution < 1.29 is 14.0 Å². The van der Waals surface area contributed by atoms with Crippen molar-refractivity contribution in [3.05, 3.63) is 88.7 Å². The second-order valence-corrected chi connectivity index (χ2v) is 8.84. The molecule has 2 N–H and O–H groups in total. The number of Topliss-reactive ketones (excluding diaryl/α,β-unsaturated/α-hetero) is 1. The van der Waals surface area contributed by atoms with Crippen LogP contribution in [0.15, 0.2) is 66.7 Å². The summed E-state index contributed by atoms with van der Waals surface area (Å²) < 4.78 is 14.6. The number of carbonyl (C=O) groups is 2. The van der Waals surface area contributed by atoms with E-state index >= 15 is 0 Å². The third kappa shape index (κ3) is 5.32. The number of anilines is 1. The standard InChI is InChI=1S/C27H26ClFN2O2/c28-22-10-6-18(7-11-22)15-24(32)16-20-4-2-14-31(27(20)33)23-12-8-19(9-13-23)25-5-1-3-21(17-30)26(25)29/h1,3,5-13,20H,2,4,14-17,30H2/t20-/m0/s1. The molecule has 1 amide bonds. The Morgan fingerprint density at radius 3 is 2.48 bits per heavy atom. The van der Waals surface area contributed by atoms with Gasteiger partial charge in [-0.2, -0.15) is 0 Å². The number of benzene rings is 3. The summed E-state index contributed by atoms with van der Waals surface area (Å²) in [5, 5.41) is 0.630. The third-order valence-electron chi connectivity index (χ3n) is 6.13. The zero-order valence-electron chi connectivity index (χ0n) is 18.3. The van der Waals surface area contributed by atoms with Crippen LogP contribution in [0.2, 0.25) is 5.02 Å². The van der Waals surface area contributed by atoms with Crippen molar-refractivity contribution >= 4 is 29.0 Å². The molecule has 33 heavy (non-hydrogen) atoms. The first-order valence-corrected chi connectivity index (χ1v) is 11.5. The highest BCUT2D eigenvalue weighted by molar-refractivity contribution is 6.30. The van der Waals surface area contributed by atoms with E-state index in [2.05, 4.69) is 0 Å². The van der Waals surface area contributed by atoms with Gasteiger partial charge in [-0.05, 0) is 48.2 Å². The van der Waals surface area contributed by atoms with Crippen LogP contribution in [0.1, 0.15) is 30.4 Å². The second-order valence-electron chi connectivity index (χ2n) is 8.40. The van der Waals surface area contributed by atoms with E-state index in [0.29, 0.717) is 35.5 Å². The number of hydrogen-bond donors (Lipinski definition) is 1. The molecule has 3 aromatic carbocycles. The molecule has 0 aliphatic carbocycles. The number of halogens is 2. The zero-order chi connectivity index (χ0) is 23.4. The van der Waals surface area contributed by atoms with Crippen LogP contribution in [0.3, 0.4) is 0 Å². The molecule has 3 aromatic rings. The monoisotopic (exact) mass is 464 g/mol. The van der Waals surface area contributed by atoms with Crippen LogP contribution in [0.5, 0.6) is 0 Å². The minimum absolute atomic E-state index is 0.0326. The number of amides is 1. The fourth-order valence-corrected chi connectivity index (χ4v) is 4.48. The van der Waals surface area contributed by atoms with E-state index < -0.39 is 0 Å². The van der Waals surface area contributed by atoms with E-state index in [4.69, 9.17) is 17.3 Å². The maximum Gasteiger partial charge on any atom is 0.230 e. The smallest absolute Gasteiger partial charge is 0.230 e. The van der Waals surface area contributed by atoms with Crippen LogP contribution in [0.4, 0.5) is 10.1 Å². The van der Waals surface area contributed by atoms with E-state index in [0.717, 1.165) is 23.2 Å². The minimum atomic E-state index is -0.322. The van der Waals surface area contributed by atoms with Gasteiger partial charge in [0, 0.05) is 53.7 Å². The Morgan fingerprint density at radius 2 is 1.79 bits per heavy atom. The SMILES string of the molecule is NCc1cccc(-c2ccc(N3CCC[C@@H](CC(=O)Cc4ccc(Cl)cc4)C3=O)cc2)c1F. The van der Waals surface area contributed by atoms with Crippen molar-refractivity contribution in [2.45, 2.75) is 32.2 Å². The lowest BCUT2D eigenvalue weighted by Crippen LogP contribution is -2.42. The molecule has 0 aromatic heterocycles. The molecule has 0 saturated carbocycles. The van der Waals surface area contributed by atoms with Crippen molar-refractivity contribution in [2.75, 3.05) is 11.4 Å². The van der Waals surface area contributed by atoms with E-state index in [1.165, 1.54) is 0 Å². The molecule has 0 unspecified atom stereocenters. The Balaban J connectivity index is 1.44. The summed E-state index contributed by atoms with van der Waals surface area (Å²) in [6, 6.07) is 19.7. The Bertz CT molecular complexity index is 1150. The topological polar surface area (TPSA) is 63.4 Å². The van der Waals surface area contributed by atoms with Gasteiger partial charge in [-0.1, -0.05) is 54.1 Å². The molecule has 170 valence electrons. The number of ketones is 1. The van der Waals surface area contributed by atoms with Gasteiger partial charge in [0.2, 0.25) is 5.91 Å². The molecule has 1 aliphatic heterocycles. The number of hydrogen-bond acceptors (Lipinski definition) is 3. The number of rotatable bonds is 7. The van der Waals surface area contributed by atoms with E-state index in [1.54, 1.807) is 35.2 Å². The summed E-state index contributed by atoms with van der Waals surface area (Å²) in [6.07, 6.45) is 2.06. The Kier molecular flexibility index (Phi) is 7.21. The summed E-state index contributed by atoms with van der Waals surface area (Å²) in [6.45, 7) is 0.745. The normalized spacial score (nSPS) is 16.2. The molecule has 0 radical (unpaired) electrons. The lowest BCUT2D eigenvalue weighted by molar-refractivity contribution is -0.128. The van der Waals surface area contributed by atoms with Gasteiger partial charge in [-0.3, -0.25) is 9.59 Å². The molecule has 0 spiro atoms. The molecule has 1 atom stereocenters. The van der Waals surface area contributed by atoms with Crippen molar-refractivity contribution in [3.63, 3.8) is 0 Å². The predicted molar refractivity (Wildman–Crippen MR) is 130 cm³/mol. The molecular weight excluding hydrogens is 439 g/mol. The molecule has 1 aliphatic rings. The van der Waals surface area contributed by atoms with Gasteiger partial charge >= 0.3 is 0 Å². The van der Waals surface area contributed by atoms with E-state index in [9.17, 15) is 14.0 Å². The summed E-state index contributed by atoms with van der Waals surface area (Å²) in [5.41, 5.74) is 8.95. The first kappa shape index (κ1) is 23.1. The van der Waals surface area contributed by atoms with Crippen LogP contribution in [0.25, 0.3) is 11.1 Å². The van der Waals surface area contributed by atoms with Crippen LogP contribution < -0.4 is 10.6 Å². The fourth-order valence-electron chi connectivity index (χ4n) is 4.35. The number of piperidine rings is 1. The summed E-state index contributed by atoms with van der Waals surface area (Å²) in [4.78, 5) is 27.5. The Hall–Kier alpha value is -3.02. The van der Waals surface area contributed by atoms with Crippen molar-refractivity contribution in [3.8, 4) is 11.1 Å². The molecule has 1 fully saturated rings. The van der Waals surface area contributed by atoms with Crippen molar-refractivity contribution in [1.29, 1.82) is 0 Å². The summed E-state index contributed by atoms with van der Waals surface area (Å²) in [5.74, 6) is -0.629. The van der Waals surface area contributed by atoms with Crippen LogP contribution >= 0.6 is 11.6 Å². The quantitative estimate of drug-likeness (QED) is 0.498. The molecule has 1 saturated heterocycles. The zero-order valence-corrected chi connectivity index (χ0v) is 19.0. The molecule has 0 bridgehead atoms. The highest BCUT2D eigenvalue weighted by Crippen LogP contribution is 2.30. The third-order valence-corrected chi connectivity index (χ3v) is 6.38. The lowest BCUT2D eigenvalue weighted by atomic mass is 9.90. The summed E-state index contributed by atoms with van der Waals surface area (Å²) in [7, 11) is 0. The first-order valence-electron chi connectivity index (χ1n) is 11.1. The molecule has 4 rings (SSSR count). The van der Waals surface area contributed by atoms with Crippen LogP contribution in [0, 0.1) is 11.7 Å². The highest BCUT2D eigenvalue weighted by Gasteiger charge is 2.31. The fraction of sp³-hybridized carbons (Fsp3) is 0.259. The van der Waals surface area contributed by atoms with Crippen molar-refractivity contribution in [2.24, 2.45) is 11.7 Å². The second kappa shape index (κ2) is 10.3. The van der Waals surface area contributed by atoms with Gasteiger partial charge in [-0.15, -0.1) is 0 Å². The first-order chi connectivity index (χ1) is 16.0. The van der Waals surface area contributed by atoms with Crippen LogP contribution in [-0.4, -0.2) is 18.2 Å². The largest absolute Gasteiger partial charge is 0.326 e. The molecule has 1 heterocycles. The van der Waals surface area contributed by atoms with Crippen molar-refractivity contribution in [1.82, 2.24) is 0 Å². The number of nitrogens with two attached hydrogens (primary N) is 1. The Labute approximate surface area is 198 Å². The van der Waals surface area contributed by atoms with Gasteiger partial charge in [0.05, 0.1) is 0 Å². The average molecular weight is 465 g/mol. The highest BCUT2D eigenvalue weighted by atomic mass is 35.5. The van der Waals surface area contributed by atoms with Gasteiger partial charge < -0.3 is 10.6 Å². The van der Waals surface area contributed by atoms with E-state index in [-0.39, 0.29) is 36.4 Å². The number of carbonyl (C=O) groups excluding carboxylic acids is 2. The molecule has 4 nitrogen and oxygen atoms in total. The van der Waals surface area contributed by atoms with Gasteiger partial charge in [0.1, 0.15) is 11.6 Å². The molecular formula is C27H26ClFN2O2. The van der Waals surface area contributed by atoms with Gasteiger partial charge in [-0.25, -0.2) is 4.39 Å². The Morgan fingerprint density at radius 1 is 1.06 bits per heavy atom. The van der Waals surface area contributed by atoms with Crippen LogP contribution in [-0.2, 0) is 22.6 Å².